The lowest BCUT2D eigenvalue weighted by Gasteiger charge is -2.41. The van der Waals surface area contributed by atoms with E-state index in [4.69, 9.17) is 9.47 Å². The number of hydrogen-bond acceptors (Lipinski definition) is 4. The van der Waals surface area contributed by atoms with Gasteiger partial charge in [0.05, 0.1) is 6.61 Å². The third kappa shape index (κ3) is 5.59. The van der Waals surface area contributed by atoms with Crippen molar-refractivity contribution in [2.45, 2.75) is 44.6 Å². The van der Waals surface area contributed by atoms with Crippen molar-refractivity contribution in [3.05, 3.63) is 66.2 Å². The van der Waals surface area contributed by atoms with E-state index in [2.05, 4.69) is 17.0 Å². The summed E-state index contributed by atoms with van der Waals surface area (Å²) in [5, 5.41) is 0. The van der Waals surface area contributed by atoms with Gasteiger partial charge in [-0.25, -0.2) is 0 Å². The Morgan fingerprint density at radius 2 is 1.61 bits per heavy atom. The summed E-state index contributed by atoms with van der Waals surface area (Å²) in [5.74, 6) is 0.821. The molecule has 1 heterocycles. The number of likely N-dealkylation sites (tertiary alicyclic amines) is 1. The molecule has 2 aromatic carbocycles. The second-order valence-electron chi connectivity index (χ2n) is 7.40. The van der Waals surface area contributed by atoms with Gasteiger partial charge in [0.25, 0.3) is 0 Å². The number of benzene rings is 2. The van der Waals surface area contributed by atoms with E-state index in [1.165, 1.54) is 0 Å². The summed E-state index contributed by atoms with van der Waals surface area (Å²) >= 11 is 0. The quantitative estimate of drug-likeness (QED) is 0.462. The van der Waals surface area contributed by atoms with Crippen LogP contribution >= 0.6 is 0 Å². The van der Waals surface area contributed by atoms with Crippen molar-refractivity contribution in [1.29, 1.82) is 0 Å². The molecule has 2 aromatic rings. The summed E-state index contributed by atoms with van der Waals surface area (Å²) in [5.41, 5.74) is 0.647. The van der Waals surface area contributed by atoms with Crippen molar-refractivity contribution in [3.63, 3.8) is 0 Å². The molecule has 0 saturated carbocycles. The molecule has 4 heteroatoms. The van der Waals surface area contributed by atoms with Crippen LogP contribution in [-0.4, -0.2) is 37.1 Å². The average molecular weight is 382 g/mol. The molecule has 4 nitrogen and oxygen atoms in total. The monoisotopic (exact) mass is 381 g/mol. The zero-order valence-corrected chi connectivity index (χ0v) is 16.8. The zero-order valence-electron chi connectivity index (χ0n) is 16.8. The van der Waals surface area contributed by atoms with Crippen molar-refractivity contribution >= 4 is 5.97 Å². The van der Waals surface area contributed by atoms with Gasteiger partial charge < -0.3 is 14.4 Å². The number of ether oxygens (including phenoxy) is 2. The number of piperidine rings is 1. The van der Waals surface area contributed by atoms with Crippen LogP contribution in [0, 0.1) is 0 Å². The average Bonchev–Trinajstić information content (AvgIpc) is 2.76. The Morgan fingerprint density at radius 1 is 0.964 bits per heavy atom. The molecule has 0 unspecified atom stereocenters. The van der Waals surface area contributed by atoms with Gasteiger partial charge in [-0.3, -0.25) is 4.79 Å². The minimum Gasteiger partial charge on any atom is -0.494 e. The molecule has 0 atom stereocenters. The van der Waals surface area contributed by atoms with E-state index in [0.717, 1.165) is 63.2 Å². The van der Waals surface area contributed by atoms with Crippen LogP contribution in [0.1, 0.15) is 44.6 Å². The first-order valence-corrected chi connectivity index (χ1v) is 10.4. The van der Waals surface area contributed by atoms with Crippen LogP contribution in [0.25, 0.3) is 0 Å². The summed E-state index contributed by atoms with van der Waals surface area (Å²) in [6, 6.07) is 20.2. The highest BCUT2D eigenvalue weighted by Crippen LogP contribution is 2.37. The molecule has 0 amide bonds. The van der Waals surface area contributed by atoms with E-state index in [1.54, 1.807) is 0 Å². The van der Waals surface area contributed by atoms with Gasteiger partial charge >= 0.3 is 5.97 Å². The molecule has 0 bridgehead atoms. The number of nitrogens with zero attached hydrogens (tertiary/aromatic N) is 1. The summed E-state index contributed by atoms with van der Waals surface area (Å²) in [7, 11) is 0. The van der Waals surface area contributed by atoms with Crippen molar-refractivity contribution in [2.75, 3.05) is 26.2 Å². The molecule has 0 radical (unpaired) electrons. The molecule has 0 spiro atoms. The van der Waals surface area contributed by atoms with Gasteiger partial charge in [-0.1, -0.05) is 55.5 Å². The van der Waals surface area contributed by atoms with Gasteiger partial charge in [-0.2, -0.15) is 0 Å². The fraction of sp³-hybridized carbons (Fsp3) is 0.458. The Labute approximate surface area is 168 Å². The fourth-order valence-corrected chi connectivity index (χ4v) is 3.76. The second-order valence-corrected chi connectivity index (χ2v) is 7.40. The number of unbranched alkanes of at least 4 members (excludes halogenated alkanes) is 1. The number of rotatable bonds is 9. The first-order chi connectivity index (χ1) is 13.7. The topological polar surface area (TPSA) is 38.8 Å². The Morgan fingerprint density at radius 3 is 2.25 bits per heavy atom. The zero-order chi connectivity index (χ0) is 19.7. The smallest absolute Gasteiger partial charge is 0.306 e. The van der Waals surface area contributed by atoms with Crippen LogP contribution in [0.5, 0.6) is 5.75 Å². The molecule has 28 heavy (non-hydrogen) atoms. The lowest BCUT2D eigenvalue weighted by Crippen LogP contribution is -2.45. The largest absolute Gasteiger partial charge is 0.494 e. The third-order valence-electron chi connectivity index (χ3n) is 5.44. The molecular formula is C24H31NO3. The molecule has 0 N–H and O–H groups in total. The Bertz CT molecular complexity index is 709. The number of hydrogen-bond donors (Lipinski definition) is 0. The van der Waals surface area contributed by atoms with E-state index in [9.17, 15) is 4.79 Å². The maximum Gasteiger partial charge on any atom is 0.306 e. The van der Waals surface area contributed by atoms with Gasteiger partial charge in [-0.05, 0) is 37.1 Å². The van der Waals surface area contributed by atoms with Crippen LogP contribution < -0.4 is 4.74 Å². The molecule has 3 rings (SSSR count). The van der Waals surface area contributed by atoms with E-state index >= 15 is 0 Å². The van der Waals surface area contributed by atoms with Crippen molar-refractivity contribution in [2.24, 2.45) is 0 Å². The molecular weight excluding hydrogens is 350 g/mol. The van der Waals surface area contributed by atoms with Crippen molar-refractivity contribution in [1.82, 2.24) is 4.90 Å². The first-order valence-electron chi connectivity index (χ1n) is 10.4. The van der Waals surface area contributed by atoms with Crippen LogP contribution in [0.4, 0.5) is 0 Å². The van der Waals surface area contributed by atoms with Crippen molar-refractivity contribution < 1.29 is 14.3 Å². The lowest BCUT2D eigenvalue weighted by atomic mass is 9.84. The Hall–Kier alpha value is -2.33. The van der Waals surface area contributed by atoms with Gasteiger partial charge in [0.15, 0.2) is 0 Å². The molecule has 0 aromatic heterocycles. The highest BCUT2D eigenvalue weighted by molar-refractivity contribution is 5.69. The maximum atomic E-state index is 12.1. The SMILES string of the molecule is CCC(=O)OC1(c2ccccc2)CCN(CCCCOc2ccccc2)CC1. The minimum atomic E-state index is -0.471. The number of esters is 1. The predicted molar refractivity (Wildman–Crippen MR) is 111 cm³/mol. The third-order valence-corrected chi connectivity index (χ3v) is 5.44. The van der Waals surface area contributed by atoms with Crippen LogP contribution in [0.15, 0.2) is 60.7 Å². The Kier molecular flexibility index (Phi) is 7.49. The van der Waals surface area contributed by atoms with Crippen molar-refractivity contribution in [3.8, 4) is 5.75 Å². The molecule has 1 aliphatic rings. The summed E-state index contributed by atoms with van der Waals surface area (Å²) in [6.07, 6.45) is 4.27. The lowest BCUT2D eigenvalue weighted by molar-refractivity contribution is -0.166. The summed E-state index contributed by atoms with van der Waals surface area (Å²) in [6.45, 7) is 5.56. The van der Waals surface area contributed by atoms with E-state index in [1.807, 2.05) is 55.5 Å². The van der Waals surface area contributed by atoms with Crippen LogP contribution in [0.2, 0.25) is 0 Å². The van der Waals surface area contributed by atoms with E-state index < -0.39 is 5.60 Å². The summed E-state index contributed by atoms with van der Waals surface area (Å²) in [4.78, 5) is 14.5. The normalized spacial score (nSPS) is 16.5. The molecule has 150 valence electrons. The van der Waals surface area contributed by atoms with Gasteiger partial charge in [0, 0.05) is 32.4 Å². The number of carbonyl (C=O) groups is 1. The number of para-hydroxylation sites is 1. The summed E-state index contributed by atoms with van der Waals surface area (Å²) < 4.78 is 11.7. The van der Waals surface area contributed by atoms with E-state index in [0.29, 0.717) is 6.42 Å². The molecule has 0 aliphatic carbocycles. The van der Waals surface area contributed by atoms with Gasteiger partial charge in [0.2, 0.25) is 0 Å². The predicted octanol–water partition coefficient (Wildman–Crippen LogP) is 4.79. The number of carbonyl (C=O) groups excluding carboxylic acids is 1. The standard InChI is InChI=1S/C24H31NO3/c1-2-23(26)28-24(21-11-5-3-6-12-21)15-18-25(19-16-24)17-9-10-20-27-22-13-7-4-8-14-22/h3-8,11-14H,2,9-10,15-20H2,1H3. The minimum absolute atomic E-state index is 0.115. The molecule has 1 fully saturated rings. The maximum absolute atomic E-state index is 12.1. The van der Waals surface area contributed by atoms with Crippen LogP contribution in [-0.2, 0) is 15.1 Å². The second kappa shape index (κ2) is 10.3. The molecule has 1 aliphatic heterocycles. The molecule has 1 saturated heterocycles. The fourth-order valence-electron chi connectivity index (χ4n) is 3.76. The van der Waals surface area contributed by atoms with Gasteiger partial charge in [-0.15, -0.1) is 0 Å². The first kappa shape index (κ1) is 20.4. The van der Waals surface area contributed by atoms with Gasteiger partial charge in [0.1, 0.15) is 11.4 Å². The Balaban J connectivity index is 1.45. The highest BCUT2D eigenvalue weighted by Gasteiger charge is 2.39. The highest BCUT2D eigenvalue weighted by atomic mass is 16.6. The van der Waals surface area contributed by atoms with E-state index in [-0.39, 0.29) is 5.97 Å². The van der Waals surface area contributed by atoms with Crippen LogP contribution in [0.3, 0.4) is 0 Å².